The van der Waals surface area contributed by atoms with Crippen LogP contribution in [0.4, 0.5) is 0 Å². The summed E-state index contributed by atoms with van der Waals surface area (Å²) in [5.74, 6) is 1.19. The van der Waals surface area contributed by atoms with E-state index in [1.54, 1.807) is 17.0 Å². The second kappa shape index (κ2) is 7.33. The summed E-state index contributed by atoms with van der Waals surface area (Å²) in [5.41, 5.74) is 5.84. The highest BCUT2D eigenvalue weighted by Crippen LogP contribution is 2.24. The van der Waals surface area contributed by atoms with Gasteiger partial charge < -0.3 is 19.8 Å². The number of piperidine rings is 1. The van der Waals surface area contributed by atoms with Gasteiger partial charge in [0, 0.05) is 25.2 Å². The van der Waals surface area contributed by atoms with Crippen molar-refractivity contribution in [3.05, 3.63) is 48.2 Å². The van der Waals surface area contributed by atoms with Gasteiger partial charge in [-0.25, -0.2) is 0 Å². The van der Waals surface area contributed by atoms with E-state index in [-0.39, 0.29) is 24.4 Å². The van der Waals surface area contributed by atoms with Crippen LogP contribution in [0, 0.1) is 0 Å². The van der Waals surface area contributed by atoms with Crippen molar-refractivity contribution in [1.82, 2.24) is 4.90 Å². The number of carbonyl (C=O) groups excluding carboxylic acids is 1. The highest BCUT2D eigenvalue weighted by molar-refractivity contribution is 5.91. The lowest BCUT2D eigenvalue weighted by molar-refractivity contribution is 0.0677. The van der Waals surface area contributed by atoms with Gasteiger partial charge in [0.2, 0.25) is 0 Å². The zero-order valence-electron chi connectivity index (χ0n) is 12.1. The number of amides is 1. The molecule has 0 atom stereocenters. The van der Waals surface area contributed by atoms with Crippen LogP contribution in [0.5, 0.6) is 11.7 Å². The highest BCUT2D eigenvalue weighted by Gasteiger charge is 2.24. The number of likely N-dealkylation sites (tertiary alicyclic amines) is 1. The van der Waals surface area contributed by atoms with E-state index < -0.39 is 0 Å². The van der Waals surface area contributed by atoms with Crippen LogP contribution in [0.2, 0.25) is 0 Å². The average molecular weight is 323 g/mol. The Morgan fingerprint density at radius 2 is 1.82 bits per heavy atom. The van der Waals surface area contributed by atoms with Gasteiger partial charge in [-0.1, -0.05) is 18.2 Å². The first-order valence-electron chi connectivity index (χ1n) is 7.10. The summed E-state index contributed by atoms with van der Waals surface area (Å²) in [6.45, 7) is 1.35. The van der Waals surface area contributed by atoms with Gasteiger partial charge in [0.15, 0.2) is 5.76 Å². The number of halogens is 1. The molecule has 0 spiro atoms. The SMILES string of the molecule is Cl.NC1CCN(C(=O)c2ccc(Oc3ccccc3)o2)CC1. The molecular formula is C16H19ClN2O3. The largest absolute Gasteiger partial charge is 0.426 e. The zero-order valence-corrected chi connectivity index (χ0v) is 12.9. The molecule has 118 valence electrons. The smallest absolute Gasteiger partial charge is 0.290 e. The van der Waals surface area contributed by atoms with Crippen molar-refractivity contribution in [3.8, 4) is 11.7 Å². The van der Waals surface area contributed by atoms with Crippen LogP contribution in [0.15, 0.2) is 46.9 Å². The molecule has 22 heavy (non-hydrogen) atoms. The number of rotatable bonds is 3. The van der Waals surface area contributed by atoms with E-state index in [1.165, 1.54) is 0 Å². The Balaban J connectivity index is 0.00000176. The quantitative estimate of drug-likeness (QED) is 0.943. The molecule has 2 N–H and O–H groups in total. The molecular weight excluding hydrogens is 304 g/mol. The molecule has 0 bridgehead atoms. The molecule has 0 unspecified atom stereocenters. The normalized spacial score (nSPS) is 15.2. The minimum Gasteiger partial charge on any atom is -0.426 e. The fraction of sp³-hybridized carbons (Fsp3) is 0.312. The van der Waals surface area contributed by atoms with Crippen molar-refractivity contribution in [1.29, 1.82) is 0 Å². The number of benzene rings is 1. The first-order valence-corrected chi connectivity index (χ1v) is 7.10. The number of hydrogen-bond donors (Lipinski definition) is 1. The molecule has 0 radical (unpaired) electrons. The Morgan fingerprint density at radius 1 is 1.14 bits per heavy atom. The maximum absolute atomic E-state index is 12.3. The number of furan rings is 1. The molecule has 2 aromatic rings. The number of ether oxygens (including phenoxy) is 1. The molecule has 6 heteroatoms. The lowest BCUT2D eigenvalue weighted by Gasteiger charge is -2.29. The Bertz CT molecular complexity index is 607. The van der Waals surface area contributed by atoms with Crippen molar-refractivity contribution in [3.63, 3.8) is 0 Å². The van der Waals surface area contributed by atoms with Crippen LogP contribution in [-0.4, -0.2) is 29.9 Å². The molecule has 1 fully saturated rings. The third-order valence-corrected chi connectivity index (χ3v) is 3.58. The van der Waals surface area contributed by atoms with Gasteiger partial charge in [-0.3, -0.25) is 4.79 Å². The maximum Gasteiger partial charge on any atom is 0.290 e. The predicted molar refractivity (Wildman–Crippen MR) is 85.6 cm³/mol. The van der Waals surface area contributed by atoms with Crippen molar-refractivity contribution in [2.24, 2.45) is 5.73 Å². The summed E-state index contributed by atoms with van der Waals surface area (Å²) in [6.07, 6.45) is 1.67. The summed E-state index contributed by atoms with van der Waals surface area (Å²) in [6, 6.07) is 12.8. The van der Waals surface area contributed by atoms with Crippen molar-refractivity contribution in [2.45, 2.75) is 18.9 Å². The number of nitrogens with zero attached hydrogens (tertiary/aromatic N) is 1. The molecule has 1 aromatic heterocycles. The van der Waals surface area contributed by atoms with Gasteiger partial charge in [-0.15, -0.1) is 12.4 Å². The van der Waals surface area contributed by atoms with Crippen LogP contribution in [0.3, 0.4) is 0 Å². The Labute approximate surface area is 135 Å². The topological polar surface area (TPSA) is 68.7 Å². The Morgan fingerprint density at radius 3 is 2.50 bits per heavy atom. The molecule has 3 rings (SSSR count). The van der Waals surface area contributed by atoms with Crippen molar-refractivity contribution >= 4 is 18.3 Å². The van der Waals surface area contributed by atoms with Crippen LogP contribution in [0.1, 0.15) is 23.4 Å². The minimum absolute atomic E-state index is 0. The van der Waals surface area contributed by atoms with E-state index in [9.17, 15) is 4.79 Å². The highest BCUT2D eigenvalue weighted by atomic mass is 35.5. The fourth-order valence-corrected chi connectivity index (χ4v) is 2.35. The summed E-state index contributed by atoms with van der Waals surface area (Å²) in [4.78, 5) is 14.1. The first kappa shape index (κ1) is 16.4. The Kier molecular flexibility index (Phi) is 5.46. The van der Waals surface area contributed by atoms with Crippen LogP contribution < -0.4 is 10.5 Å². The van der Waals surface area contributed by atoms with Gasteiger partial charge in [0.1, 0.15) is 5.75 Å². The second-order valence-electron chi connectivity index (χ2n) is 5.16. The molecule has 0 saturated carbocycles. The third kappa shape index (κ3) is 3.81. The maximum atomic E-state index is 12.3. The molecule has 5 nitrogen and oxygen atoms in total. The standard InChI is InChI=1S/C16H18N2O3.ClH/c17-12-8-10-18(11-9-12)16(19)14-6-7-15(21-14)20-13-4-2-1-3-5-13;/h1-7,12H,8-11,17H2;1H. The molecule has 1 aliphatic heterocycles. The van der Waals surface area contributed by atoms with Gasteiger partial charge in [0.05, 0.1) is 0 Å². The molecule has 1 aromatic carbocycles. The fourth-order valence-electron chi connectivity index (χ4n) is 2.35. The van der Waals surface area contributed by atoms with E-state index in [0.717, 1.165) is 12.8 Å². The summed E-state index contributed by atoms with van der Waals surface area (Å²) in [7, 11) is 0. The van der Waals surface area contributed by atoms with Crippen molar-refractivity contribution < 1.29 is 13.9 Å². The van der Waals surface area contributed by atoms with Crippen LogP contribution in [-0.2, 0) is 0 Å². The van der Waals surface area contributed by atoms with Gasteiger partial charge in [0.25, 0.3) is 11.9 Å². The van der Waals surface area contributed by atoms with Crippen LogP contribution in [0.25, 0.3) is 0 Å². The molecule has 1 saturated heterocycles. The van der Waals surface area contributed by atoms with E-state index in [1.807, 2.05) is 30.3 Å². The number of para-hydroxylation sites is 1. The molecule has 0 aliphatic carbocycles. The zero-order chi connectivity index (χ0) is 14.7. The molecule has 1 amide bonds. The number of hydrogen-bond acceptors (Lipinski definition) is 4. The lowest BCUT2D eigenvalue weighted by atomic mass is 10.1. The molecule has 1 aliphatic rings. The Hall–Kier alpha value is -1.98. The number of carbonyl (C=O) groups is 1. The second-order valence-corrected chi connectivity index (χ2v) is 5.16. The van der Waals surface area contributed by atoms with Crippen LogP contribution >= 0.6 is 12.4 Å². The predicted octanol–water partition coefficient (Wildman–Crippen LogP) is 3.06. The summed E-state index contributed by atoms with van der Waals surface area (Å²) in [5, 5.41) is 0. The number of nitrogens with two attached hydrogens (primary N) is 1. The van der Waals surface area contributed by atoms with E-state index in [0.29, 0.717) is 30.5 Å². The summed E-state index contributed by atoms with van der Waals surface area (Å²) >= 11 is 0. The van der Waals surface area contributed by atoms with Gasteiger partial charge in [-0.2, -0.15) is 0 Å². The summed E-state index contributed by atoms with van der Waals surface area (Å²) < 4.78 is 11.0. The third-order valence-electron chi connectivity index (χ3n) is 3.58. The first-order chi connectivity index (χ1) is 10.2. The van der Waals surface area contributed by atoms with E-state index in [2.05, 4.69) is 0 Å². The van der Waals surface area contributed by atoms with E-state index in [4.69, 9.17) is 14.9 Å². The van der Waals surface area contributed by atoms with Gasteiger partial charge >= 0.3 is 0 Å². The van der Waals surface area contributed by atoms with E-state index >= 15 is 0 Å². The lowest BCUT2D eigenvalue weighted by Crippen LogP contribution is -2.42. The average Bonchev–Trinajstić information content (AvgIpc) is 2.97. The van der Waals surface area contributed by atoms with Gasteiger partial charge in [-0.05, 0) is 31.0 Å². The van der Waals surface area contributed by atoms with Crippen molar-refractivity contribution in [2.75, 3.05) is 13.1 Å². The monoisotopic (exact) mass is 322 g/mol. The minimum atomic E-state index is -0.107. The molecule has 2 heterocycles.